The van der Waals surface area contributed by atoms with Crippen LogP contribution in [0.5, 0.6) is 5.88 Å². The van der Waals surface area contributed by atoms with Crippen molar-refractivity contribution >= 4 is 11.7 Å². The number of anilines is 1. The minimum atomic E-state index is 0.162. The smallest absolute Gasteiger partial charge is 0.219 e. The van der Waals surface area contributed by atoms with Crippen molar-refractivity contribution in [1.29, 1.82) is 0 Å². The molecule has 1 aliphatic rings. The lowest BCUT2D eigenvalue weighted by molar-refractivity contribution is -0.129. The Morgan fingerprint density at radius 2 is 2.04 bits per heavy atom. The Labute approximate surface area is 151 Å². The van der Waals surface area contributed by atoms with E-state index in [2.05, 4.69) is 35.1 Å². The van der Waals surface area contributed by atoms with Gasteiger partial charge < -0.3 is 19.9 Å². The summed E-state index contributed by atoms with van der Waals surface area (Å²) in [6, 6.07) is 4.49. The summed E-state index contributed by atoms with van der Waals surface area (Å²) in [6.07, 6.45) is 1.90. The Bertz CT molecular complexity index is 567. The second-order valence-electron chi connectivity index (χ2n) is 7.36. The van der Waals surface area contributed by atoms with Crippen LogP contribution in [-0.2, 0) is 4.79 Å². The van der Waals surface area contributed by atoms with Gasteiger partial charge in [-0.05, 0) is 44.5 Å². The van der Waals surface area contributed by atoms with Gasteiger partial charge in [-0.15, -0.1) is 0 Å². The number of aromatic nitrogens is 1. The molecule has 6 nitrogen and oxygen atoms in total. The van der Waals surface area contributed by atoms with Gasteiger partial charge in [-0.3, -0.25) is 4.79 Å². The summed E-state index contributed by atoms with van der Waals surface area (Å²) in [5.74, 6) is 2.12. The SMILES string of the molecule is CC(=O)N1CCC(Nc2cc(C(C)C)cc(OCCN(C)C)n2)CC1. The number of likely N-dealkylation sites (N-methyl/N-ethyl adjacent to an activating group) is 1. The van der Waals surface area contributed by atoms with E-state index in [1.807, 2.05) is 25.1 Å². The number of carbonyl (C=O) groups is 1. The van der Waals surface area contributed by atoms with E-state index in [1.165, 1.54) is 5.56 Å². The van der Waals surface area contributed by atoms with Crippen LogP contribution in [0.4, 0.5) is 5.82 Å². The van der Waals surface area contributed by atoms with Crippen LogP contribution >= 0.6 is 0 Å². The van der Waals surface area contributed by atoms with Gasteiger partial charge in [0.2, 0.25) is 11.8 Å². The largest absolute Gasteiger partial charge is 0.476 e. The van der Waals surface area contributed by atoms with Crippen LogP contribution in [0.3, 0.4) is 0 Å². The summed E-state index contributed by atoms with van der Waals surface area (Å²) in [5, 5.41) is 3.54. The average Bonchev–Trinajstić information content (AvgIpc) is 2.54. The molecule has 2 rings (SSSR count). The normalized spacial score (nSPS) is 15.7. The molecule has 0 spiro atoms. The van der Waals surface area contributed by atoms with Crippen LogP contribution in [0.1, 0.15) is 45.1 Å². The lowest BCUT2D eigenvalue weighted by Crippen LogP contribution is -2.41. The average molecular weight is 348 g/mol. The molecule has 0 radical (unpaired) electrons. The number of hydrogen-bond acceptors (Lipinski definition) is 5. The van der Waals surface area contributed by atoms with Crippen molar-refractivity contribution in [2.45, 2.75) is 45.6 Å². The fourth-order valence-corrected chi connectivity index (χ4v) is 2.89. The van der Waals surface area contributed by atoms with Crippen LogP contribution in [0.25, 0.3) is 0 Å². The van der Waals surface area contributed by atoms with Gasteiger partial charge in [-0.2, -0.15) is 4.98 Å². The van der Waals surface area contributed by atoms with Gasteiger partial charge in [0, 0.05) is 38.7 Å². The van der Waals surface area contributed by atoms with Crippen LogP contribution in [-0.4, -0.2) is 67.1 Å². The van der Waals surface area contributed by atoms with E-state index in [0.29, 0.717) is 24.4 Å². The number of carbonyl (C=O) groups excluding carboxylic acids is 1. The molecule has 0 atom stereocenters. The molecular formula is C19H32N4O2. The summed E-state index contributed by atoms with van der Waals surface area (Å²) in [5.41, 5.74) is 1.22. The van der Waals surface area contributed by atoms with Gasteiger partial charge in [-0.25, -0.2) is 0 Å². The third-order valence-corrected chi connectivity index (χ3v) is 4.57. The van der Waals surface area contributed by atoms with Crippen LogP contribution < -0.4 is 10.1 Å². The lowest BCUT2D eigenvalue weighted by Gasteiger charge is -2.32. The highest BCUT2D eigenvalue weighted by Gasteiger charge is 2.21. The minimum Gasteiger partial charge on any atom is -0.476 e. The molecule has 25 heavy (non-hydrogen) atoms. The predicted octanol–water partition coefficient (Wildman–Crippen LogP) is 2.57. The number of piperidine rings is 1. The number of likely N-dealkylation sites (tertiary alicyclic amines) is 1. The van der Waals surface area contributed by atoms with Crippen molar-refractivity contribution in [2.24, 2.45) is 0 Å². The molecule has 2 heterocycles. The van der Waals surface area contributed by atoms with Gasteiger partial charge >= 0.3 is 0 Å². The van der Waals surface area contributed by atoms with Crippen molar-refractivity contribution in [3.05, 3.63) is 17.7 Å². The minimum absolute atomic E-state index is 0.162. The molecule has 1 aliphatic heterocycles. The zero-order valence-corrected chi connectivity index (χ0v) is 16.2. The van der Waals surface area contributed by atoms with Crippen LogP contribution in [0.2, 0.25) is 0 Å². The van der Waals surface area contributed by atoms with Crippen LogP contribution in [0.15, 0.2) is 12.1 Å². The summed E-state index contributed by atoms with van der Waals surface area (Å²) >= 11 is 0. The number of nitrogens with zero attached hydrogens (tertiary/aromatic N) is 3. The Balaban J connectivity index is 2.01. The molecule has 0 aromatic carbocycles. The Morgan fingerprint density at radius 1 is 1.36 bits per heavy atom. The third-order valence-electron chi connectivity index (χ3n) is 4.57. The van der Waals surface area contributed by atoms with E-state index in [1.54, 1.807) is 6.92 Å². The first-order chi connectivity index (χ1) is 11.8. The monoisotopic (exact) mass is 348 g/mol. The first-order valence-electron chi connectivity index (χ1n) is 9.16. The number of nitrogens with one attached hydrogen (secondary N) is 1. The van der Waals surface area contributed by atoms with Crippen molar-refractivity contribution in [2.75, 3.05) is 45.7 Å². The highest BCUT2D eigenvalue weighted by molar-refractivity contribution is 5.73. The molecule has 6 heteroatoms. The predicted molar refractivity (Wildman–Crippen MR) is 101 cm³/mol. The van der Waals surface area contributed by atoms with E-state index in [0.717, 1.165) is 38.3 Å². The molecule has 140 valence electrons. The molecule has 1 amide bonds. The number of hydrogen-bond donors (Lipinski definition) is 1. The molecule has 0 aliphatic carbocycles. The first kappa shape index (κ1) is 19.5. The maximum absolute atomic E-state index is 11.4. The molecule has 1 aromatic heterocycles. The third kappa shape index (κ3) is 6.20. The van der Waals surface area contributed by atoms with E-state index >= 15 is 0 Å². The van der Waals surface area contributed by atoms with E-state index in [-0.39, 0.29) is 5.91 Å². The van der Waals surface area contributed by atoms with E-state index in [9.17, 15) is 4.79 Å². The van der Waals surface area contributed by atoms with Crippen molar-refractivity contribution < 1.29 is 9.53 Å². The first-order valence-corrected chi connectivity index (χ1v) is 9.16. The standard InChI is InChI=1S/C19H32N4O2/c1-14(2)16-12-18(21-19(13-16)25-11-10-22(4)5)20-17-6-8-23(9-7-17)15(3)24/h12-14,17H,6-11H2,1-5H3,(H,20,21). The van der Waals surface area contributed by atoms with Crippen LogP contribution in [0, 0.1) is 0 Å². The van der Waals surface area contributed by atoms with E-state index < -0.39 is 0 Å². The molecule has 1 saturated heterocycles. The van der Waals surface area contributed by atoms with Gasteiger partial charge in [0.15, 0.2) is 0 Å². The van der Waals surface area contributed by atoms with Gasteiger partial charge in [-0.1, -0.05) is 13.8 Å². The maximum atomic E-state index is 11.4. The van der Waals surface area contributed by atoms with Gasteiger partial charge in [0.1, 0.15) is 12.4 Å². The molecule has 1 aromatic rings. The number of rotatable bonds is 7. The molecular weight excluding hydrogens is 316 g/mol. The second kappa shape index (κ2) is 9.04. The molecule has 1 fully saturated rings. The fraction of sp³-hybridized carbons (Fsp3) is 0.684. The number of amides is 1. The maximum Gasteiger partial charge on any atom is 0.219 e. The van der Waals surface area contributed by atoms with Crippen molar-refractivity contribution in [3.63, 3.8) is 0 Å². The lowest BCUT2D eigenvalue weighted by atomic mass is 10.0. The summed E-state index contributed by atoms with van der Waals surface area (Å²) in [7, 11) is 4.06. The zero-order chi connectivity index (χ0) is 18.4. The highest BCUT2D eigenvalue weighted by atomic mass is 16.5. The number of ether oxygens (including phenoxy) is 1. The summed E-state index contributed by atoms with van der Waals surface area (Å²) in [4.78, 5) is 20.1. The van der Waals surface area contributed by atoms with Gasteiger partial charge in [0.25, 0.3) is 0 Å². The Hall–Kier alpha value is -1.82. The number of pyridine rings is 1. The summed E-state index contributed by atoms with van der Waals surface area (Å²) < 4.78 is 5.84. The Kier molecular flexibility index (Phi) is 7.05. The molecule has 1 N–H and O–H groups in total. The second-order valence-corrected chi connectivity index (χ2v) is 7.36. The molecule has 0 unspecified atom stereocenters. The topological polar surface area (TPSA) is 57.7 Å². The fourth-order valence-electron chi connectivity index (χ4n) is 2.89. The molecule has 0 bridgehead atoms. The van der Waals surface area contributed by atoms with Crippen molar-refractivity contribution in [3.8, 4) is 5.88 Å². The summed E-state index contributed by atoms with van der Waals surface area (Å²) in [6.45, 7) is 9.09. The van der Waals surface area contributed by atoms with E-state index in [4.69, 9.17) is 4.74 Å². The molecule has 0 saturated carbocycles. The van der Waals surface area contributed by atoms with Gasteiger partial charge in [0.05, 0.1) is 0 Å². The quantitative estimate of drug-likeness (QED) is 0.821. The Morgan fingerprint density at radius 3 is 2.60 bits per heavy atom. The zero-order valence-electron chi connectivity index (χ0n) is 16.2. The highest BCUT2D eigenvalue weighted by Crippen LogP contribution is 2.24. The van der Waals surface area contributed by atoms with Crippen molar-refractivity contribution in [1.82, 2.24) is 14.8 Å².